The highest BCUT2D eigenvalue weighted by molar-refractivity contribution is 5.38. The maximum absolute atomic E-state index is 12.7. The predicted molar refractivity (Wildman–Crippen MR) is 107 cm³/mol. The SMILES string of the molecule is C=C(/C=C\C=C/C)[C@@H]1NCCC[C@@H]1NCc1cc(CC(F)(F)F)ccc1OC. The summed E-state index contributed by atoms with van der Waals surface area (Å²) in [7, 11) is 1.53. The molecule has 0 bridgehead atoms. The monoisotopic (exact) mass is 394 g/mol. The van der Waals surface area contributed by atoms with E-state index in [0.29, 0.717) is 12.3 Å². The van der Waals surface area contributed by atoms with Crippen LogP contribution in [0, 0.1) is 0 Å². The molecule has 2 N–H and O–H groups in total. The summed E-state index contributed by atoms with van der Waals surface area (Å²) in [6, 6.07) is 4.88. The Bertz CT molecular complexity index is 710. The lowest BCUT2D eigenvalue weighted by Crippen LogP contribution is -2.52. The number of piperidine rings is 1. The Kier molecular flexibility index (Phi) is 8.33. The van der Waals surface area contributed by atoms with Crippen molar-refractivity contribution in [3.05, 3.63) is 65.8 Å². The van der Waals surface area contributed by atoms with Gasteiger partial charge in [0.15, 0.2) is 0 Å². The summed E-state index contributed by atoms with van der Waals surface area (Å²) in [6.45, 7) is 7.48. The molecule has 0 aliphatic carbocycles. The lowest BCUT2D eigenvalue weighted by Gasteiger charge is -2.34. The van der Waals surface area contributed by atoms with Gasteiger partial charge < -0.3 is 15.4 Å². The summed E-state index contributed by atoms with van der Waals surface area (Å²) in [4.78, 5) is 0. The zero-order valence-corrected chi connectivity index (χ0v) is 16.5. The van der Waals surface area contributed by atoms with Crippen LogP contribution in [-0.4, -0.2) is 31.9 Å². The number of alkyl halides is 3. The number of allylic oxidation sites excluding steroid dienone is 3. The molecule has 3 nitrogen and oxygen atoms in total. The maximum atomic E-state index is 12.7. The van der Waals surface area contributed by atoms with E-state index in [-0.39, 0.29) is 17.6 Å². The number of ether oxygens (including phenoxy) is 1. The third kappa shape index (κ3) is 6.84. The molecule has 0 aromatic heterocycles. The zero-order valence-electron chi connectivity index (χ0n) is 16.5. The summed E-state index contributed by atoms with van der Waals surface area (Å²) < 4.78 is 43.5. The van der Waals surface area contributed by atoms with E-state index >= 15 is 0 Å². The number of halogens is 3. The highest BCUT2D eigenvalue weighted by atomic mass is 19.4. The predicted octanol–water partition coefficient (Wildman–Crippen LogP) is 4.70. The highest BCUT2D eigenvalue weighted by Crippen LogP contribution is 2.26. The Balaban J connectivity index is 2.09. The maximum Gasteiger partial charge on any atom is 0.393 e. The Morgan fingerprint density at radius 2 is 2.14 bits per heavy atom. The molecule has 1 aliphatic heterocycles. The topological polar surface area (TPSA) is 33.3 Å². The molecule has 0 spiro atoms. The van der Waals surface area contributed by atoms with Gasteiger partial charge in [-0.3, -0.25) is 0 Å². The molecule has 1 heterocycles. The third-order valence-corrected chi connectivity index (χ3v) is 4.78. The van der Waals surface area contributed by atoms with Gasteiger partial charge in [-0.25, -0.2) is 0 Å². The van der Waals surface area contributed by atoms with Gasteiger partial charge >= 0.3 is 6.18 Å². The minimum absolute atomic E-state index is 0.0830. The minimum Gasteiger partial charge on any atom is -0.496 e. The number of benzene rings is 1. The molecule has 1 saturated heterocycles. The molecule has 0 saturated carbocycles. The molecule has 0 amide bonds. The summed E-state index contributed by atoms with van der Waals surface area (Å²) in [5.41, 5.74) is 1.94. The average Bonchev–Trinajstić information content (AvgIpc) is 2.65. The van der Waals surface area contributed by atoms with Crippen molar-refractivity contribution in [2.45, 2.75) is 51.0 Å². The fourth-order valence-electron chi connectivity index (χ4n) is 3.44. The normalized spacial score (nSPS) is 20.8. The number of hydrogen-bond acceptors (Lipinski definition) is 3. The fourth-order valence-corrected chi connectivity index (χ4v) is 3.44. The van der Waals surface area contributed by atoms with Crippen molar-refractivity contribution in [3.8, 4) is 5.75 Å². The summed E-state index contributed by atoms with van der Waals surface area (Å²) in [5, 5.41) is 6.97. The summed E-state index contributed by atoms with van der Waals surface area (Å²) >= 11 is 0. The first-order chi connectivity index (χ1) is 13.3. The highest BCUT2D eigenvalue weighted by Gasteiger charge is 2.28. The standard InChI is InChI=1S/C22H29F3N2O/c1-4-5-6-8-16(2)21-19(9-7-12-26-21)27-15-18-13-17(14-22(23,24)25)10-11-20(18)28-3/h4-6,8,10-11,13,19,21,26-27H,2,7,9,12,14-15H2,1,3H3/b5-4-,8-6-/t19-,21-/m0/s1. The molecule has 1 aromatic rings. The molecule has 0 unspecified atom stereocenters. The number of rotatable bonds is 8. The van der Waals surface area contributed by atoms with Gasteiger partial charge in [-0.1, -0.05) is 43.0 Å². The van der Waals surface area contributed by atoms with Crippen LogP contribution in [0.3, 0.4) is 0 Å². The van der Waals surface area contributed by atoms with Gasteiger partial charge in [0.05, 0.1) is 13.5 Å². The minimum atomic E-state index is -4.23. The molecule has 2 rings (SSSR count). The van der Waals surface area contributed by atoms with E-state index in [1.54, 1.807) is 12.1 Å². The average molecular weight is 394 g/mol. The molecule has 154 valence electrons. The van der Waals surface area contributed by atoms with Crippen molar-refractivity contribution >= 4 is 0 Å². The largest absolute Gasteiger partial charge is 0.496 e. The second-order valence-electron chi connectivity index (χ2n) is 6.96. The van der Waals surface area contributed by atoms with Crippen molar-refractivity contribution < 1.29 is 17.9 Å². The van der Waals surface area contributed by atoms with Gasteiger partial charge in [-0.2, -0.15) is 13.2 Å². The zero-order chi connectivity index (χ0) is 20.6. The molecular formula is C22H29F3N2O. The lowest BCUT2D eigenvalue weighted by atomic mass is 9.92. The number of methoxy groups -OCH3 is 1. The van der Waals surface area contributed by atoms with E-state index in [2.05, 4.69) is 17.2 Å². The number of hydrogen-bond donors (Lipinski definition) is 2. The van der Waals surface area contributed by atoms with Crippen LogP contribution >= 0.6 is 0 Å². The Morgan fingerprint density at radius 3 is 2.82 bits per heavy atom. The van der Waals surface area contributed by atoms with E-state index < -0.39 is 12.6 Å². The van der Waals surface area contributed by atoms with Crippen LogP contribution in [0.5, 0.6) is 5.75 Å². The lowest BCUT2D eigenvalue weighted by molar-refractivity contribution is -0.127. The van der Waals surface area contributed by atoms with Crippen molar-refractivity contribution in [3.63, 3.8) is 0 Å². The van der Waals surface area contributed by atoms with Crippen LogP contribution in [0.4, 0.5) is 13.2 Å². The van der Waals surface area contributed by atoms with Crippen molar-refractivity contribution in [2.24, 2.45) is 0 Å². The van der Waals surface area contributed by atoms with Crippen molar-refractivity contribution in [1.29, 1.82) is 0 Å². The van der Waals surface area contributed by atoms with Gasteiger partial charge in [0.2, 0.25) is 0 Å². The summed E-state index contributed by atoms with van der Waals surface area (Å²) in [5.74, 6) is 0.588. The first-order valence-corrected chi connectivity index (χ1v) is 9.51. The molecule has 2 atom stereocenters. The van der Waals surface area contributed by atoms with E-state index in [1.165, 1.54) is 13.2 Å². The molecule has 28 heavy (non-hydrogen) atoms. The van der Waals surface area contributed by atoms with Crippen LogP contribution in [0.25, 0.3) is 0 Å². The van der Waals surface area contributed by atoms with Crippen LogP contribution < -0.4 is 15.4 Å². The summed E-state index contributed by atoms with van der Waals surface area (Å²) in [6.07, 6.45) is 4.69. The molecular weight excluding hydrogens is 365 g/mol. The Labute approximate surface area is 165 Å². The number of nitrogens with one attached hydrogen (secondary N) is 2. The molecule has 1 aromatic carbocycles. The van der Waals surface area contributed by atoms with Gasteiger partial charge in [0.1, 0.15) is 5.75 Å². The van der Waals surface area contributed by atoms with E-state index in [9.17, 15) is 13.2 Å². The van der Waals surface area contributed by atoms with Gasteiger partial charge in [0, 0.05) is 24.2 Å². The second kappa shape index (κ2) is 10.5. The Morgan fingerprint density at radius 1 is 1.36 bits per heavy atom. The Hall–Kier alpha value is -2.05. The van der Waals surface area contributed by atoms with Crippen LogP contribution in [0.15, 0.2) is 54.7 Å². The van der Waals surface area contributed by atoms with Gasteiger partial charge in [-0.05, 0) is 43.5 Å². The quantitative estimate of drug-likeness (QED) is 0.627. The van der Waals surface area contributed by atoms with Crippen molar-refractivity contribution in [2.75, 3.05) is 13.7 Å². The second-order valence-corrected chi connectivity index (χ2v) is 6.96. The van der Waals surface area contributed by atoms with Crippen LogP contribution in [-0.2, 0) is 13.0 Å². The first kappa shape index (κ1) is 22.2. The molecule has 1 aliphatic rings. The fraction of sp³-hybridized carbons (Fsp3) is 0.455. The van der Waals surface area contributed by atoms with E-state index in [4.69, 9.17) is 4.74 Å². The smallest absolute Gasteiger partial charge is 0.393 e. The third-order valence-electron chi connectivity index (χ3n) is 4.78. The van der Waals surface area contributed by atoms with Gasteiger partial charge in [0.25, 0.3) is 0 Å². The van der Waals surface area contributed by atoms with E-state index in [0.717, 1.165) is 30.5 Å². The van der Waals surface area contributed by atoms with E-state index in [1.807, 2.05) is 31.2 Å². The van der Waals surface area contributed by atoms with Crippen molar-refractivity contribution in [1.82, 2.24) is 10.6 Å². The van der Waals surface area contributed by atoms with Gasteiger partial charge in [-0.15, -0.1) is 0 Å². The molecule has 0 radical (unpaired) electrons. The van der Waals surface area contributed by atoms with Crippen LogP contribution in [0.1, 0.15) is 30.9 Å². The van der Waals surface area contributed by atoms with Crippen LogP contribution in [0.2, 0.25) is 0 Å². The molecule has 1 fully saturated rings. The first-order valence-electron chi connectivity index (χ1n) is 9.51. The molecule has 6 heteroatoms.